The van der Waals surface area contributed by atoms with Gasteiger partial charge in [0.2, 0.25) is 10.0 Å². The van der Waals surface area contributed by atoms with Gasteiger partial charge < -0.3 is 10.5 Å². The first-order valence-electron chi connectivity index (χ1n) is 8.82. The minimum Gasteiger partial charge on any atom is -0.494 e. The van der Waals surface area contributed by atoms with E-state index in [1.807, 2.05) is 0 Å². The second-order valence-corrected chi connectivity index (χ2v) is 8.06. The average molecular weight is 446 g/mol. The van der Waals surface area contributed by atoms with Crippen molar-refractivity contribution in [2.75, 3.05) is 7.11 Å². The van der Waals surface area contributed by atoms with Gasteiger partial charge in [-0.05, 0) is 35.4 Å². The fourth-order valence-corrected chi connectivity index (χ4v) is 3.76. The molecule has 5 N–H and O–H groups in total. The summed E-state index contributed by atoms with van der Waals surface area (Å²) in [6.45, 7) is -0.287. The molecule has 1 heterocycles. The molecule has 9 nitrogen and oxygen atoms in total. The molecule has 2 amide bonds. The summed E-state index contributed by atoms with van der Waals surface area (Å²) in [6, 6.07) is 10.6. The molecule has 3 aromatic rings. The predicted molar refractivity (Wildman–Crippen MR) is 110 cm³/mol. The summed E-state index contributed by atoms with van der Waals surface area (Å²) in [5.74, 6) is -0.619. The lowest BCUT2D eigenvalue weighted by molar-refractivity contribution is -0.0471. The number of hydroxylamine groups is 2. The highest BCUT2D eigenvalue weighted by atomic mass is 32.2. The fraction of sp³-hybridized carbons (Fsp3) is 0.100. The molecule has 1 aromatic heterocycles. The number of carbonyl (C=O) groups excluding carboxylic acids is 1. The first-order valence-corrected chi connectivity index (χ1v) is 10.4. The standard InChI is InChI=1S/C20H19FN4O5S/c1-30-17-7-6-13(9-16(17)21)15-8-12(11-25(27)20(22)26)10-24-19(15)14-4-2-3-5-18(14)31(23,28)29/h2-10,27H,11H2,1H3,(H2,22,26)(H2,23,28,29). The molecular weight excluding hydrogens is 427 g/mol. The molecule has 0 atom stereocenters. The van der Waals surface area contributed by atoms with E-state index < -0.39 is 21.9 Å². The maximum Gasteiger partial charge on any atom is 0.338 e. The summed E-state index contributed by atoms with van der Waals surface area (Å²) in [5, 5.41) is 15.3. The molecule has 11 heteroatoms. The van der Waals surface area contributed by atoms with Crippen molar-refractivity contribution in [3.63, 3.8) is 0 Å². The minimum atomic E-state index is -4.08. The van der Waals surface area contributed by atoms with E-state index in [0.29, 0.717) is 16.7 Å². The first kappa shape index (κ1) is 22.2. The highest BCUT2D eigenvalue weighted by Gasteiger charge is 2.20. The van der Waals surface area contributed by atoms with Crippen LogP contribution in [0.2, 0.25) is 0 Å². The van der Waals surface area contributed by atoms with Gasteiger partial charge in [-0.15, -0.1) is 0 Å². The highest BCUT2D eigenvalue weighted by Crippen LogP contribution is 2.36. The summed E-state index contributed by atoms with van der Waals surface area (Å²) < 4.78 is 43.5. The SMILES string of the molecule is COc1ccc(-c2cc(CN(O)C(N)=O)cnc2-c2ccccc2S(N)(=O)=O)cc1F. The van der Waals surface area contributed by atoms with Crippen LogP contribution in [0.4, 0.5) is 9.18 Å². The Morgan fingerprint density at radius 2 is 1.90 bits per heavy atom. The van der Waals surface area contributed by atoms with Gasteiger partial charge in [-0.25, -0.2) is 27.8 Å². The van der Waals surface area contributed by atoms with E-state index in [0.717, 1.165) is 0 Å². The van der Waals surface area contributed by atoms with Gasteiger partial charge in [-0.3, -0.25) is 10.2 Å². The van der Waals surface area contributed by atoms with E-state index in [2.05, 4.69) is 4.98 Å². The zero-order valence-corrected chi connectivity index (χ0v) is 17.1. The lowest BCUT2D eigenvalue weighted by atomic mass is 9.97. The largest absolute Gasteiger partial charge is 0.494 e. The molecule has 162 valence electrons. The summed E-state index contributed by atoms with van der Waals surface area (Å²) in [6.07, 6.45) is 1.34. The van der Waals surface area contributed by atoms with Crippen LogP contribution in [0.25, 0.3) is 22.4 Å². The number of benzene rings is 2. The van der Waals surface area contributed by atoms with Crippen LogP contribution < -0.4 is 15.6 Å². The zero-order chi connectivity index (χ0) is 22.8. The Labute approximate surface area is 177 Å². The molecule has 0 radical (unpaired) electrons. The molecule has 0 saturated heterocycles. The number of hydrogen-bond donors (Lipinski definition) is 3. The van der Waals surface area contributed by atoms with E-state index >= 15 is 0 Å². The van der Waals surface area contributed by atoms with Crippen LogP contribution in [0.5, 0.6) is 5.75 Å². The van der Waals surface area contributed by atoms with E-state index in [9.17, 15) is 22.8 Å². The molecule has 0 fully saturated rings. The van der Waals surface area contributed by atoms with E-state index in [1.165, 1.54) is 49.7 Å². The monoisotopic (exact) mass is 446 g/mol. The van der Waals surface area contributed by atoms with Crippen molar-refractivity contribution >= 4 is 16.1 Å². The third-order valence-electron chi connectivity index (χ3n) is 4.44. The lowest BCUT2D eigenvalue weighted by Crippen LogP contribution is -2.32. The third kappa shape index (κ3) is 4.79. The Bertz CT molecular complexity index is 1250. The third-order valence-corrected chi connectivity index (χ3v) is 5.41. The molecule has 0 spiro atoms. The molecule has 0 saturated carbocycles. The fourth-order valence-electron chi connectivity index (χ4n) is 3.02. The number of pyridine rings is 1. The van der Waals surface area contributed by atoms with Crippen molar-refractivity contribution < 1.29 is 27.5 Å². The summed E-state index contributed by atoms with van der Waals surface area (Å²) in [5.41, 5.74) is 6.53. The first-order chi connectivity index (χ1) is 14.6. The number of primary amides is 1. The van der Waals surface area contributed by atoms with Crippen molar-refractivity contribution in [3.8, 4) is 28.1 Å². The molecule has 0 unspecified atom stereocenters. The second kappa shape index (κ2) is 8.68. The maximum absolute atomic E-state index is 14.4. The van der Waals surface area contributed by atoms with E-state index in [4.69, 9.17) is 15.6 Å². The summed E-state index contributed by atoms with van der Waals surface area (Å²) in [7, 11) is -2.76. The summed E-state index contributed by atoms with van der Waals surface area (Å²) >= 11 is 0. The van der Waals surface area contributed by atoms with Gasteiger partial charge in [0.05, 0.1) is 24.2 Å². The van der Waals surface area contributed by atoms with Crippen molar-refractivity contribution in [2.45, 2.75) is 11.4 Å². The molecular formula is C20H19FN4O5S. The quantitative estimate of drug-likeness (QED) is 0.391. The van der Waals surface area contributed by atoms with Crippen molar-refractivity contribution in [1.29, 1.82) is 0 Å². The lowest BCUT2D eigenvalue weighted by Gasteiger charge is -2.16. The Morgan fingerprint density at radius 1 is 1.19 bits per heavy atom. The number of halogens is 1. The highest BCUT2D eigenvalue weighted by molar-refractivity contribution is 7.89. The Balaban J connectivity index is 2.25. The Hall–Kier alpha value is -3.54. The van der Waals surface area contributed by atoms with Crippen LogP contribution >= 0.6 is 0 Å². The Morgan fingerprint density at radius 3 is 2.52 bits per heavy atom. The van der Waals surface area contributed by atoms with Crippen molar-refractivity contribution in [1.82, 2.24) is 10.0 Å². The molecule has 0 aliphatic carbocycles. The molecule has 31 heavy (non-hydrogen) atoms. The molecule has 2 aromatic carbocycles. The number of nitrogens with zero attached hydrogens (tertiary/aromatic N) is 2. The molecule has 0 aliphatic rings. The van der Waals surface area contributed by atoms with E-state index in [-0.39, 0.29) is 33.5 Å². The van der Waals surface area contributed by atoms with Crippen molar-refractivity contribution in [2.24, 2.45) is 10.9 Å². The number of ether oxygens (including phenoxy) is 1. The maximum atomic E-state index is 14.4. The number of rotatable bonds is 6. The smallest absolute Gasteiger partial charge is 0.338 e. The van der Waals surface area contributed by atoms with E-state index in [1.54, 1.807) is 12.1 Å². The number of carbonyl (C=O) groups is 1. The van der Waals surface area contributed by atoms with Crippen LogP contribution in [0, 0.1) is 5.82 Å². The Kier molecular flexibility index (Phi) is 6.20. The normalized spacial score (nSPS) is 11.2. The van der Waals surface area contributed by atoms with Gasteiger partial charge in [0.1, 0.15) is 0 Å². The minimum absolute atomic E-state index is 0.0228. The number of sulfonamides is 1. The number of hydrogen-bond acceptors (Lipinski definition) is 6. The van der Waals surface area contributed by atoms with Crippen LogP contribution in [0.15, 0.2) is 59.6 Å². The number of urea groups is 1. The van der Waals surface area contributed by atoms with Gasteiger partial charge >= 0.3 is 6.03 Å². The van der Waals surface area contributed by atoms with Crippen LogP contribution in [0.1, 0.15) is 5.56 Å². The molecule has 3 rings (SSSR count). The zero-order valence-electron chi connectivity index (χ0n) is 16.3. The van der Waals surface area contributed by atoms with Gasteiger partial charge in [-0.1, -0.05) is 24.3 Å². The molecule has 0 bridgehead atoms. The van der Waals surface area contributed by atoms with Crippen LogP contribution in [-0.4, -0.2) is 36.8 Å². The number of nitrogens with two attached hydrogens (primary N) is 2. The average Bonchev–Trinajstić information content (AvgIpc) is 2.73. The van der Waals surface area contributed by atoms with Gasteiger partial charge in [0.15, 0.2) is 11.6 Å². The van der Waals surface area contributed by atoms with Gasteiger partial charge in [-0.2, -0.15) is 0 Å². The number of methoxy groups -OCH3 is 1. The topological polar surface area (TPSA) is 149 Å². The second-order valence-electron chi connectivity index (χ2n) is 6.53. The van der Waals surface area contributed by atoms with Crippen LogP contribution in [0.3, 0.4) is 0 Å². The van der Waals surface area contributed by atoms with Gasteiger partial charge in [0.25, 0.3) is 0 Å². The van der Waals surface area contributed by atoms with Gasteiger partial charge in [0, 0.05) is 17.3 Å². The number of primary sulfonamides is 1. The molecule has 0 aliphatic heterocycles. The number of amides is 2. The predicted octanol–water partition coefficient (Wildman–Crippen LogP) is 2.48. The summed E-state index contributed by atoms with van der Waals surface area (Å²) in [4.78, 5) is 15.3. The van der Waals surface area contributed by atoms with Crippen LogP contribution in [-0.2, 0) is 16.6 Å². The number of aromatic nitrogens is 1. The van der Waals surface area contributed by atoms with Crippen molar-refractivity contribution in [3.05, 3.63) is 66.1 Å².